The maximum atomic E-state index is 5.93. The number of nitrogens with zero attached hydrogens (tertiary/aromatic N) is 2. The van der Waals surface area contributed by atoms with Gasteiger partial charge in [0.25, 0.3) is 0 Å². The molecule has 0 spiro atoms. The van der Waals surface area contributed by atoms with Gasteiger partial charge in [0.2, 0.25) is 0 Å². The zero-order valence-corrected chi connectivity index (χ0v) is 12.7. The van der Waals surface area contributed by atoms with Crippen LogP contribution in [-0.4, -0.2) is 16.2 Å². The monoisotopic (exact) mass is 377 g/mol. The SMILES string of the molecule is CSc1nc(Cl)cc(Nc2ccccc2I)n1. The van der Waals surface area contributed by atoms with Gasteiger partial charge in [-0.15, -0.1) is 0 Å². The van der Waals surface area contributed by atoms with Gasteiger partial charge >= 0.3 is 0 Å². The largest absolute Gasteiger partial charge is 0.339 e. The molecule has 0 radical (unpaired) electrons. The Morgan fingerprint density at radius 2 is 2.06 bits per heavy atom. The number of halogens is 2. The van der Waals surface area contributed by atoms with Crippen LogP contribution in [0.15, 0.2) is 35.5 Å². The Bertz CT molecular complexity index is 536. The number of rotatable bonds is 3. The van der Waals surface area contributed by atoms with Crippen LogP contribution < -0.4 is 5.32 Å². The van der Waals surface area contributed by atoms with Gasteiger partial charge in [0, 0.05) is 9.64 Å². The fraction of sp³-hybridized carbons (Fsp3) is 0.0909. The van der Waals surface area contributed by atoms with Crippen molar-refractivity contribution in [2.45, 2.75) is 5.16 Å². The molecule has 1 aromatic carbocycles. The predicted molar refractivity (Wildman–Crippen MR) is 81.3 cm³/mol. The predicted octanol–water partition coefficient (Wildman–Crippen LogP) is 4.20. The standard InChI is InChI=1S/C11H9ClIN3S/c1-17-11-15-9(12)6-10(16-11)14-8-5-3-2-4-7(8)13/h2-6H,1H3,(H,14,15,16). The molecule has 0 aliphatic carbocycles. The maximum Gasteiger partial charge on any atom is 0.190 e. The summed E-state index contributed by atoms with van der Waals surface area (Å²) >= 11 is 9.66. The van der Waals surface area contributed by atoms with Crippen LogP contribution in [0.2, 0.25) is 5.15 Å². The summed E-state index contributed by atoms with van der Waals surface area (Å²) in [4.78, 5) is 8.43. The molecule has 0 aliphatic heterocycles. The van der Waals surface area contributed by atoms with E-state index in [1.807, 2.05) is 30.5 Å². The number of para-hydroxylation sites is 1. The smallest absolute Gasteiger partial charge is 0.190 e. The molecule has 6 heteroatoms. The van der Waals surface area contributed by atoms with Crippen molar-refractivity contribution >= 4 is 57.5 Å². The molecule has 0 saturated heterocycles. The van der Waals surface area contributed by atoms with E-state index in [0.717, 1.165) is 9.26 Å². The van der Waals surface area contributed by atoms with Gasteiger partial charge < -0.3 is 5.32 Å². The highest BCUT2D eigenvalue weighted by Gasteiger charge is 2.04. The van der Waals surface area contributed by atoms with Crippen molar-refractivity contribution in [3.63, 3.8) is 0 Å². The van der Waals surface area contributed by atoms with Crippen molar-refractivity contribution in [2.24, 2.45) is 0 Å². The Hall–Kier alpha value is -0.530. The van der Waals surface area contributed by atoms with Gasteiger partial charge in [0.05, 0.1) is 5.69 Å². The molecule has 0 unspecified atom stereocenters. The summed E-state index contributed by atoms with van der Waals surface area (Å²) < 4.78 is 1.13. The Morgan fingerprint density at radius 1 is 1.29 bits per heavy atom. The zero-order chi connectivity index (χ0) is 12.3. The molecule has 1 aromatic heterocycles. The van der Waals surface area contributed by atoms with Gasteiger partial charge in [0.1, 0.15) is 11.0 Å². The van der Waals surface area contributed by atoms with Crippen molar-refractivity contribution in [1.29, 1.82) is 0 Å². The lowest BCUT2D eigenvalue weighted by molar-refractivity contribution is 0.976. The van der Waals surface area contributed by atoms with Crippen molar-refractivity contribution in [2.75, 3.05) is 11.6 Å². The van der Waals surface area contributed by atoms with E-state index in [1.165, 1.54) is 11.8 Å². The lowest BCUT2D eigenvalue weighted by atomic mass is 10.3. The summed E-state index contributed by atoms with van der Waals surface area (Å²) in [5.74, 6) is 0.707. The molecule has 88 valence electrons. The van der Waals surface area contributed by atoms with Crippen molar-refractivity contribution in [3.05, 3.63) is 39.1 Å². The fourth-order valence-electron chi connectivity index (χ4n) is 1.25. The number of aromatic nitrogens is 2. The van der Waals surface area contributed by atoms with E-state index in [4.69, 9.17) is 11.6 Å². The summed E-state index contributed by atoms with van der Waals surface area (Å²) in [5.41, 5.74) is 1.01. The number of hydrogen-bond donors (Lipinski definition) is 1. The van der Waals surface area contributed by atoms with Crippen LogP contribution >= 0.6 is 46.0 Å². The molecule has 17 heavy (non-hydrogen) atoms. The Labute approximate surface area is 123 Å². The number of thioether (sulfide) groups is 1. The van der Waals surface area contributed by atoms with E-state index in [0.29, 0.717) is 16.1 Å². The van der Waals surface area contributed by atoms with Crippen LogP contribution in [0.5, 0.6) is 0 Å². The summed E-state index contributed by atoms with van der Waals surface area (Å²) in [7, 11) is 0. The minimum Gasteiger partial charge on any atom is -0.339 e. The van der Waals surface area contributed by atoms with Crippen LogP contribution in [0.1, 0.15) is 0 Å². The molecular formula is C11H9ClIN3S. The van der Waals surface area contributed by atoms with Gasteiger partial charge in [-0.3, -0.25) is 0 Å². The van der Waals surface area contributed by atoms with E-state index < -0.39 is 0 Å². The third kappa shape index (κ3) is 3.46. The zero-order valence-electron chi connectivity index (χ0n) is 8.95. The molecule has 0 aliphatic rings. The Morgan fingerprint density at radius 3 is 2.76 bits per heavy atom. The summed E-state index contributed by atoms with van der Waals surface area (Å²) in [5, 5.41) is 4.33. The number of nitrogens with one attached hydrogen (secondary N) is 1. The quantitative estimate of drug-likeness (QED) is 0.376. The molecule has 0 saturated carbocycles. The van der Waals surface area contributed by atoms with E-state index in [-0.39, 0.29) is 0 Å². The van der Waals surface area contributed by atoms with Crippen LogP contribution in [0.3, 0.4) is 0 Å². The molecule has 1 N–H and O–H groups in total. The average molecular weight is 378 g/mol. The van der Waals surface area contributed by atoms with E-state index in [9.17, 15) is 0 Å². The minimum atomic E-state index is 0.442. The topological polar surface area (TPSA) is 37.8 Å². The highest BCUT2D eigenvalue weighted by atomic mass is 127. The highest BCUT2D eigenvalue weighted by Crippen LogP contribution is 2.23. The first kappa shape index (κ1) is 12.9. The van der Waals surface area contributed by atoms with Gasteiger partial charge in [-0.05, 0) is 41.0 Å². The second-order valence-electron chi connectivity index (χ2n) is 3.17. The lowest BCUT2D eigenvalue weighted by Gasteiger charge is -2.08. The highest BCUT2D eigenvalue weighted by molar-refractivity contribution is 14.1. The first-order chi connectivity index (χ1) is 8.19. The van der Waals surface area contributed by atoms with E-state index in [2.05, 4.69) is 37.9 Å². The summed E-state index contributed by atoms with van der Waals surface area (Å²) in [6.07, 6.45) is 1.92. The second kappa shape index (κ2) is 5.88. The molecule has 2 rings (SSSR count). The van der Waals surface area contributed by atoms with Gasteiger partial charge in [0.15, 0.2) is 5.16 Å². The van der Waals surface area contributed by atoms with E-state index >= 15 is 0 Å². The third-order valence-corrected chi connectivity index (χ3v) is 3.68. The average Bonchev–Trinajstić information content (AvgIpc) is 2.31. The van der Waals surface area contributed by atoms with Crippen molar-refractivity contribution < 1.29 is 0 Å². The summed E-state index contributed by atoms with van der Waals surface area (Å²) in [6, 6.07) is 9.71. The maximum absolute atomic E-state index is 5.93. The third-order valence-electron chi connectivity index (χ3n) is 1.99. The Kier molecular flexibility index (Phi) is 4.47. The van der Waals surface area contributed by atoms with Crippen LogP contribution in [0.4, 0.5) is 11.5 Å². The Balaban J connectivity index is 2.30. The van der Waals surface area contributed by atoms with E-state index in [1.54, 1.807) is 6.07 Å². The molecule has 2 aromatic rings. The van der Waals surface area contributed by atoms with Crippen molar-refractivity contribution in [1.82, 2.24) is 9.97 Å². The molecule has 0 atom stereocenters. The lowest BCUT2D eigenvalue weighted by Crippen LogP contribution is -1.98. The number of anilines is 2. The van der Waals surface area contributed by atoms with Gasteiger partial charge in [-0.1, -0.05) is 35.5 Å². The number of hydrogen-bond acceptors (Lipinski definition) is 4. The minimum absolute atomic E-state index is 0.442. The fourth-order valence-corrected chi connectivity index (χ4v) is 2.39. The number of benzene rings is 1. The second-order valence-corrected chi connectivity index (χ2v) is 5.49. The summed E-state index contributed by atoms with van der Waals surface area (Å²) in [6.45, 7) is 0. The van der Waals surface area contributed by atoms with Gasteiger partial charge in [-0.2, -0.15) is 0 Å². The van der Waals surface area contributed by atoms with Crippen LogP contribution in [0, 0.1) is 3.57 Å². The molecule has 0 fully saturated rings. The van der Waals surface area contributed by atoms with Crippen LogP contribution in [0.25, 0.3) is 0 Å². The van der Waals surface area contributed by atoms with Crippen molar-refractivity contribution in [3.8, 4) is 0 Å². The van der Waals surface area contributed by atoms with Crippen LogP contribution in [-0.2, 0) is 0 Å². The first-order valence-corrected chi connectivity index (χ1v) is 7.47. The normalized spacial score (nSPS) is 10.3. The van der Waals surface area contributed by atoms with Gasteiger partial charge in [-0.25, -0.2) is 9.97 Å². The molecule has 0 bridgehead atoms. The molecule has 1 heterocycles. The molecule has 3 nitrogen and oxygen atoms in total. The first-order valence-electron chi connectivity index (χ1n) is 4.79. The molecule has 0 amide bonds. The molecular weight excluding hydrogens is 369 g/mol.